The molecule has 1 aliphatic heterocycles. The van der Waals surface area contributed by atoms with Crippen LogP contribution in [0.4, 0.5) is 0 Å². The van der Waals surface area contributed by atoms with Gasteiger partial charge in [0.25, 0.3) is 0 Å². The molecule has 3 nitrogen and oxygen atoms in total. The standard InChI is InChI=1S/C16H28N2O/c1-16(2,12-17)9-11-18-10-5-7-14(18)13-6-3-4-8-15(13)19/h13-15,19H,3-11H2,1-2H3. The predicted octanol–water partition coefficient (Wildman–Crippen LogP) is 2.94. The Balaban J connectivity index is 1.91. The van der Waals surface area contributed by atoms with Crippen LogP contribution in [0.1, 0.15) is 58.8 Å². The van der Waals surface area contributed by atoms with Crippen molar-refractivity contribution < 1.29 is 5.11 Å². The molecule has 2 aliphatic rings. The van der Waals surface area contributed by atoms with E-state index in [1.165, 1.54) is 32.1 Å². The number of aliphatic hydroxyl groups is 1. The van der Waals surface area contributed by atoms with Crippen molar-refractivity contribution in [3.8, 4) is 6.07 Å². The molecule has 1 N–H and O–H groups in total. The fourth-order valence-electron chi connectivity index (χ4n) is 3.68. The van der Waals surface area contributed by atoms with Crippen LogP contribution in [0.25, 0.3) is 0 Å². The Hall–Kier alpha value is -0.590. The summed E-state index contributed by atoms with van der Waals surface area (Å²) < 4.78 is 0. The Morgan fingerprint density at radius 1 is 1.21 bits per heavy atom. The van der Waals surface area contributed by atoms with Crippen LogP contribution in [-0.4, -0.2) is 35.2 Å². The molecule has 1 heterocycles. The van der Waals surface area contributed by atoms with Gasteiger partial charge in [-0.25, -0.2) is 0 Å². The van der Waals surface area contributed by atoms with Gasteiger partial charge in [-0.05, 0) is 59.0 Å². The first-order chi connectivity index (χ1) is 9.03. The summed E-state index contributed by atoms with van der Waals surface area (Å²) in [5.41, 5.74) is -0.224. The first-order valence-electron chi connectivity index (χ1n) is 7.87. The van der Waals surface area contributed by atoms with Crippen molar-refractivity contribution in [3.63, 3.8) is 0 Å². The van der Waals surface area contributed by atoms with Crippen LogP contribution in [-0.2, 0) is 0 Å². The third-order valence-electron chi connectivity index (χ3n) is 5.02. The van der Waals surface area contributed by atoms with Gasteiger partial charge in [-0.1, -0.05) is 12.8 Å². The Kier molecular flexibility index (Phi) is 4.86. The molecule has 0 aromatic carbocycles. The predicted molar refractivity (Wildman–Crippen MR) is 76.6 cm³/mol. The Morgan fingerprint density at radius 2 is 1.95 bits per heavy atom. The van der Waals surface area contributed by atoms with Crippen molar-refractivity contribution in [2.24, 2.45) is 11.3 Å². The van der Waals surface area contributed by atoms with Crippen molar-refractivity contribution >= 4 is 0 Å². The smallest absolute Gasteiger partial charge is 0.0684 e. The van der Waals surface area contributed by atoms with Crippen molar-refractivity contribution in [2.45, 2.75) is 70.9 Å². The second-order valence-electron chi connectivity index (χ2n) is 7.01. The quantitative estimate of drug-likeness (QED) is 0.849. The minimum Gasteiger partial charge on any atom is -0.393 e. The number of nitriles is 1. The van der Waals surface area contributed by atoms with Gasteiger partial charge in [-0.2, -0.15) is 5.26 Å². The maximum atomic E-state index is 10.2. The highest BCUT2D eigenvalue weighted by Gasteiger charge is 2.37. The second-order valence-corrected chi connectivity index (χ2v) is 7.01. The van der Waals surface area contributed by atoms with E-state index in [9.17, 15) is 5.11 Å². The van der Waals surface area contributed by atoms with E-state index >= 15 is 0 Å². The van der Waals surface area contributed by atoms with Crippen molar-refractivity contribution in [3.05, 3.63) is 0 Å². The lowest BCUT2D eigenvalue weighted by molar-refractivity contribution is 0.0205. The summed E-state index contributed by atoms with van der Waals surface area (Å²) in [6.45, 7) is 6.20. The SMILES string of the molecule is CC(C)(C#N)CCN1CCCC1C1CCCCC1O. The fourth-order valence-corrected chi connectivity index (χ4v) is 3.68. The molecule has 0 amide bonds. The molecule has 3 atom stereocenters. The summed E-state index contributed by atoms with van der Waals surface area (Å²) in [6, 6.07) is 2.95. The number of rotatable bonds is 4. The van der Waals surface area contributed by atoms with E-state index in [0.29, 0.717) is 12.0 Å². The van der Waals surface area contributed by atoms with Crippen LogP contribution in [0.5, 0.6) is 0 Å². The third kappa shape index (κ3) is 3.70. The summed E-state index contributed by atoms with van der Waals surface area (Å²) in [5.74, 6) is 0.474. The fraction of sp³-hybridized carbons (Fsp3) is 0.938. The molecule has 2 fully saturated rings. The molecule has 1 saturated heterocycles. The van der Waals surface area contributed by atoms with E-state index in [4.69, 9.17) is 5.26 Å². The zero-order valence-electron chi connectivity index (χ0n) is 12.4. The maximum Gasteiger partial charge on any atom is 0.0684 e. The molecule has 0 aromatic rings. The van der Waals surface area contributed by atoms with Gasteiger partial charge in [0.05, 0.1) is 17.6 Å². The summed E-state index contributed by atoms with van der Waals surface area (Å²) in [6.07, 6.45) is 7.95. The van der Waals surface area contributed by atoms with E-state index < -0.39 is 0 Å². The maximum absolute atomic E-state index is 10.2. The van der Waals surface area contributed by atoms with E-state index in [1.54, 1.807) is 0 Å². The van der Waals surface area contributed by atoms with Crippen molar-refractivity contribution in [2.75, 3.05) is 13.1 Å². The average molecular weight is 264 g/mol. The molecule has 0 spiro atoms. The zero-order chi connectivity index (χ0) is 13.9. The monoisotopic (exact) mass is 264 g/mol. The highest BCUT2D eigenvalue weighted by atomic mass is 16.3. The Morgan fingerprint density at radius 3 is 2.63 bits per heavy atom. The molecule has 0 bridgehead atoms. The summed E-state index contributed by atoms with van der Waals surface area (Å²) in [7, 11) is 0. The first kappa shape index (κ1) is 14.8. The number of aliphatic hydroxyl groups excluding tert-OH is 1. The zero-order valence-corrected chi connectivity index (χ0v) is 12.4. The van der Waals surface area contributed by atoms with Gasteiger partial charge in [0.1, 0.15) is 0 Å². The van der Waals surface area contributed by atoms with Crippen LogP contribution in [0.2, 0.25) is 0 Å². The minimum absolute atomic E-state index is 0.0941. The van der Waals surface area contributed by atoms with Gasteiger partial charge in [0, 0.05) is 12.0 Å². The Bertz CT molecular complexity index is 334. The topological polar surface area (TPSA) is 47.3 Å². The van der Waals surface area contributed by atoms with Gasteiger partial charge < -0.3 is 5.11 Å². The van der Waals surface area contributed by atoms with Gasteiger partial charge >= 0.3 is 0 Å². The molecule has 3 unspecified atom stereocenters. The van der Waals surface area contributed by atoms with Gasteiger partial charge in [-0.3, -0.25) is 4.90 Å². The largest absolute Gasteiger partial charge is 0.393 e. The van der Waals surface area contributed by atoms with E-state index in [2.05, 4.69) is 11.0 Å². The molecule has 0 aromatic heterocycles. The molecule has 2 rings (SSSR count). The normalized spacial score (nSPS) is 33.3. The molecular formula is C16H28N2O. The molecule has 1 aliphatic carbocycles. The van der Waals surface area contributed by atoms with E-state index in [1.807, 2.05) is 13.8 Å². The van der Waals surface area contributed by atoms with Gasteiger partial charge in [0.15, 0.2) is 0 Å². The van der Waals surface area contributed by atoms with Gasteiger partial charge in [-0.15, -0.1) is 0 Å². The lowest BCUT2D eigenvalue weighted by Gasteiger charge is -2.37. The minimum atomic E-state index is -0.224. The lowest BCUT2D eigenvalue weighted by atomic mass is 9.80. The average Bonchev–Trinajstić information content (AvgIpc) is 2.85. The number of hydrogen-bond acceptors (Lipinski definition) is 3. The van der Waals surface area contributed by atoms with Crippen LogP contribution < -0.4 is 0 Å². The van der Waals surface area contributed by atoms with Crippen molar-refractivity contribution in [1.29, 1.82) is 5.26 Å². The number of nitrogens with zero attached hydrogens (tertiary/aromatic N) is 2. The van der Waals surface area contributed by atoms with Crippen molar-refractivity contribution in [1.82, 2.24) is 4.90 Å². The Labute approximate surface area is 117 Å². The highest BCUT2D eigenvalue weighted by Crippen LogP contribution is 2.35. The van der Waals surface area contributed by atoms with Gasteiger partial charge in [0.2, 0.25) is 0 Å². The molecule has 19 heavy (non-hydrogen) atoms. The molecule has 108 valence electrons. The van der Waals surface area contributed by atoms with Crippen LogP contribution >= 0.6 is 0 Å². The van der Waals surface area contributed by atoms with E-state index in [0.717, 1.165) is 25.9 Å². The molecular weight excluding hydrogens is 236 g/mol. The third-order valence-corrected chi connectivity index (χ3v) is 5.02. The summed E-state index contributed by atoms with van der Waals surface area (Å²) in [5, 5.41) is 19.4. The number of hydrogen-bond donors (Lipinski definition) is 1. The van der Waals surface area contributed by atoms with E-state index in [-0.39, 0.29) is 11.5 Å². The summed E-state index contributed by atoms with van der Waals surface area (Å²) in [4.78, 5) is 2.54. The highest BCUT2D eigenvalue weighted by molar-refractivity contribution is 4.95. The van der Waals surface area contributed by atoms with Crippen LogP contribution in [0.15, 0.2) is 0 Å². The molecule has 1 saturated carbocycles. The molecule has 0 radical (unpaired) electrons. The molecule has 3 heteroatoms. The van der Waals surface area contributed by atoms with Crippen LogP contribution in [0, 0.1) is 22.7 Å². The number of likely N-dealkylation sites (tertiary alicyclic amines) is 1. The first-order valence-corrected chi connectivity index (χ1v) is 7.87. The second kappa shape index (κ2) is 6.24. The lowest BCUT2D eigenvalue weighted by Crippen LogP contribution is -2.43. The summed E-state index contributed by atoms with van der Waals surface area (Å²) >= 11 is 0. The van der Waals surface area contributed by atoms with Crippen LogP contribution in [0.3, 0.4) is 0 Å².